The lowest BCUT2D eigenvalue weighted by Crippen LogP contribution is -1.92. The third-order valence-electron chi connectivity index (χ3n) is 1.88. The van der Waals surface area contributed by atoms with Crippen LogP contribution in [0.1, 0.15) is 11.6 Å². The van der Waals surface area contributed by atoms with E-state index >= 15 is 0 Å². The van der Waals surface area contributed by atoms with Crippen LogP contribution in [0.25, 0.3) is 11.5 Å². The van der Waals surface area contributed by atoms with Gasteiger partial charge in [-0.3, -0.25) is 4.98 Å². The molecule has 2 rings (SSSR count). The van der Waals surface area contributed by atoms with Crippen LogP contribution >= 0.6 is 0 Å². The van der Waals surface area contributed by atoms with Crippen LogP contribution in [0.4, 0.5) is 0 Å². The Bertz CT molecular complexity index is 453. The predicted octanol–water partition coefficient (Wildman–Crippen LogP) is 1.59. The first-order valence-electron chi connectivity index (χ1n) is 4.54. The van der Waals surface area contributed by atoms with Crippen molar-refractivity contribution >= 4 is 0 Å². The molecule has 15 heavy (non-hydrogen) atoms. The smallest absolute Gasteiger partial charge is 0.247 e. The molecule has 0 saturated heterocycles. The number of rotatable bonds is 3. The molecule has 0 fully saturated rings. The second kappa shape index (κ2) is 4.18. The van der Waals surface area contributed by atoms with E-state index in [4.69, 9.17) is 9.15 Å². The van der Waals surface area contributed by atoms with E-state index in [9.17, 15) is 0 Å². The molecule has 0 amide bonds. The summed E-state index contributed by atoms with van der Waals surface area (Å²) in [6.07, 6.45) is 1.70. The zero-order valence-electron chi connectivity index (χ0n) is 8.60. The summed E-state index contributed by atoms with van der Waals surface area (Å²) < 4.78 is 10.3. The van der Waals surface area contributed by atoms with Crippen LogP contribution in [0.15, 0.2) is 22.7 Å². The fourth-order valence-corrected chi connectivity index (χ4v) is 1.25. The van der Waals surface area contributed by atoms with Gasteiger partial charge >= 0.3 is 0 Å². The van der Waals surface area contributed by atoms with Crippen molar-refractivity contribution in [2.45, 2.75) is 13.5 Å². The van der Waals surface area contributed by atoms with Crippen LogP contribution in [0.2, 0.25) is 0 Å². The zero-order chi connectivity index (χ0) is 10.7. The molecule has 78 valence electrons. The minimum absolute atomic E-state index is 0.473. The molecule has 2 heterocycles. The van der Waals surface area contributed by atoms with Gasteiger partial charge in [0.05, 0.1) is 12.3 Å². The molecule has 0 aromatic carbocycles. The summed E-state index contributed by atoms with van der Waals surface area (Å²) in [6.45, 7) is 2.23. The fraction of sp³-hybridized carbons (Fsp3) is 0.300. The summed E-state index contributed by atoms with van der Waals surface area (Å²) >= 11 is 0. The summed E-state index contributed by atoms with van der Waals surface area (Å²) in [7, 11) is 1.63. The SMILES string of the molecule is COCc1cc(-c2nnc(C)o2)ccn1. The molecule has 0 spiro atoms. The van der Waals surface area contributed by atoms with Crippen LogP contribution in [-0.4, -0.2) is 22.3 Å². The van der Waals surface area contributed by atoms with Crippen LogP contribution in [0.3, 0.4) is 0 Å². The molecule has 0 atom stereocenters. The fourth-order valence-electron chi connectivity index (χ4n) is 1.25. The van der Waals surface area contributed by atoms with Gasteiger partial charge in [-0.05, 0) is 12.1 Å². The highest BCUT2D eigenvalue weighted by atomic mass is 16.5. The van der Waals surface area contributed by atoms with Gasteiger partial charge in [0.25, 0.3) is 0 Å². The number of aryl methyl sites for hydroxylation is 1. The Morgan fingerprint density at radius 2 is 2.27 bits per heavy atom. The number of hydrogen-bond donors (Lipinski definition) is 0. The quantitative estimate of drug-likeness (QED) is 0.761. The Balaban J connectivity index is 2.32. The molecule has 2 aromatic heterocycles. The largest absolute Gasteiger partial charge is 0.421 e. The van der Waals surface area contributed by atoms with Crippen molar-refractivity contribution < 1.29 is 9.15 Å². The first-order chi connectivity index (χ1) is 7.29. The average Bonchev–Trinajstić information content (AvgIpc) is 2.66. The number of ether oxygens (including phenoxy) is 1. The number of aromatic nitrogens is 3. The lowest BCUT2D eigenvalue weighted by atomic mass is 10.2. The molecular formula is C10H11N3O2. The summed E-state index contributed by atoms with van der Waals surface area (Å²) in [5, 5.41) is 7.70. The van der Waals surface area contributed by atoms with E-state index in [-0.39, 0.29) is 0 Å². The van der Waals surface area contributed by atoms with Crippen molar-refractivity contribution in [1.29, 1.82) is 0 Å². The number of hydrogen-bond acceptors (Lipinski definition) is 5. The third-order valence-corrected chi connectivity index (χ3v) is 1.88. The van der Waals surface area contributed by atoms with E-state index in [1.807, 2.05) is 12.1 Å². The Morgan fingerprint density at radius 1 is 1.40 bits per heavy atom. The van der Waals surface area contributed by atoms with Crippen molar-refractivity contribution in [2.75, 3.05) is 7.11 Å². The van der Waals surface area contributed by atoms with Gasteiger partial charge < -0.3 is 9.15 Å². The molecule has 5 heteroatoms. The van der Waals surface area contributed by atoms with Gasteiger partial charge in [-0.25, -0.2) is 0 Å². The second-order valence-corrected chi connectivity index (χ2v) is 3.10. The Morgan fingerprint density at radius 3 is 2.93 bits per heavy atom. The van der Waals surface area contributed by atoms with E-state index in [0.717, 1.165) is 11.3 Å². The lowest BCUT2D eigenvalue weighted by molar-refractivity contribution is 0.181. The lowest BCUT2D eigenvalue weighted by Gasteiger charge is -1.99. The van der Waals surface area contributed by atoms with Gasteiger partial charge in [0.2, 0.25) is 11.8 Å². The molecule has 0 radical (unpaired) electrons. The van der Waals surface area contributed by atoms with Crippen LogP contribution < -0.4 is 0 Å². The van der Waals surface area contributed by atoms with Crippen molar-refractivity contribution in [1.82, 2.24) is 15.2 Å². The highest BCUT2D eigenvalue weighted by Gasteiger charge is 2.06. The highest BCUT2D eigenvalue weighted by molar-refractivity contribution is 5.52. The van der Waals surface area contributed by atoms with Gasteiger partial charge in [-0.2, -0.15) is 0 Å². The van der Waals surface area contributed by atoms with E-state index in [2.05, 4.69) is 15.2 Å². The number of pyridine rings is 1. The summed E-state index contributed by atoms with van der Waals surface area (Å²) in [4.78, 5) is 4.15. The molecule has 0 bridgehead atoms. The first-order valence-corrected chi connectivity index (χ1v) is 4.54. The first kappa shape index (κ1) is 9.79. The molecular weight excluding hydrogens is 194 g/mol. The summed E-state index contributed by atoms with van der Waals surface area (Å²) in [5.41, 5.74) is 1.70. The molecule has 0 aliphatic carbocycles. The molecule has 0 saturated carbocycles. The van der Waals surface area contributed by atoms with Gasteiger partial charge in [0, 0.05) is 25.8 Å². The van der Waals surface area contributed by atoms with Crippen molar-refractivity contribution in [3.05, 3.63) is 29.9 Å². The monoisotopic (exact) mass is 205 g/mol. The van der Waals surface area contributed by atoms with Gasteiger partial charge in [0.1, 0.15) is 0 Å². The van der Waals surface area contributed by atoms with Gasteiger partial charge in [-0.15, -0.1) is 10.2 Å². The van der Waals surface area contributed by atoms with Crippen LogP contribution in [-0.2, 0) is 11.3 Å². The third kappa shape index (κ3) is 2.19. The predicted molar refractivity (Wildman–Crippen MR) is 53.0 cm³/mol. The standard InChI is InChI=1S/C10H11N3O2/c1-7-12-13-10(15-7)8-3-4-11-9(5-8)6-14-2/h3-5H,6H2,1-2H3. The molecule has 0 aliphatic heterocycles. The van der Waals surface area contributed by atoms with E-state index in [1.54, 1.807) is 20.2 Å². The normalized spacial score (nSPS) is 10.5. The van der Waals surface area contributed by atoms with Crippen molar-refractivity contribution in [2.24, 2.45) is 0 Å². The summed E-state index contributed by atoms with van der Waals surface area (Å²) in [6, 6.07) is 3.70. The second-order valence-electron chi connectivity index (χ2n) is 3.10. The zero-order valence-corrected chi connectivity index (χ0v) is 8.60. The van der Waals surface area contributed by atoms with E-state index in [1.165, 1.54) is 0 Å². The van der Waals surface area contributed by atoms with Crippen molar-refractivity contribution in [3.63, 3.8) is 0 Å². The maximum Gasteiger partial charge on any atom is 0.247 e. The van der Waals surface area contributed by atoms with Crippen molar-refractivity contribution in [3.8, 4) is 11.5 Å². The summed E-state index contributed by atoms with van der Waals surface area (Å²) in [5.74, 6) is 1.06. The van der Waals surface area contributed by atoms with Crippen LogP contribution in [0.5, 0.6) is 0 Å². The number of methoxy groups -OCH3 is 1. The minimum Gasteiger partial charge on any atom is -0.421 e. The molecule has 0 aliphatic rings. The highest BCUT2D eigenvalue weighted by Crippen LogP contribution is 2.17. The van der Waals surface area contributed by atoms with Crippen LogP contribution in [0, 0.1) is 6.92 Å². The Labute approximate surface area is 87.1 Å². The molecule has 0 N–H and O–H groups in total. The maximum atomic E-state index is 5.31. The molecule has 2 aromatic rings. The minimum atomic E-state index is 0.473. The van der Waals surface area contributed by atoms with E-state index in [0.29, 0.717) is 18.4 Å². The van der Waals surface area contributed by atoms with Gasteiger partial charge in [-0.1, -0.05) is 0 Å². The topological polar surface area (TPSA) is 61.0 Å². The van der Waals surface area contributed by atoms with E-state index < -0.39 is 0 Å². The Hall–Kier alpha value is -1.75. The number of nitrogens with zero attached hydrogens (tertiary/aromatic N) is 3. The molecule has 5 nitrogen and oxygen atoms in total. The Kier molecular flexibility index (Phi) is 2.73. The van der Waals surface area contributed by atoms with Gasteiger partial charge in [0.15, 0.2) is 0 Å². The average molecular weight is 205 g/mol. The molecule has 0 unspecified atom stereocenters. The maximum absolute atomic E-state index is 5.31.